The van der Waals surface area contributed by atoms with Gasteiger partial charge >= 0.3 is 0 Å². The van der Waals surface area contributed by atoms with Crippen molar-refractivity contribution in [1.82, 2.24) is 0 Å². The Morgan fingerprint density at radius 1 is 0.960 bits per heavy atom. The molecule has 5 heteroatoms. The number of halogens is 1. The lowest BCUT2D eigenvalue weighted by atomic mass is 10.1. The summed E-state index contributed by atoms with van der Waals surface area (Å²) in [6.45, 7) is 6.04. The van der Waals surface area contributed by atoms with Crippen LogP contribution in [0.2, 0.25) is 0 Å². The molecule has 2 aromatic rings. The van der Waals surface area contributed by atoms with Crippen LogP contribution in [-0.4, -0.2) is 11.8 Å². The average molecular weight is 355 g/mol. The van der Waals surface area contributed by atoms with Crippen LogP contribution in [0.15, 0.2) is 53.2 Å². The van der Waals surface area contributed by atoms with Crippen molar-refractivity contribution in [3.8, 4) is 0 Å². The van der Waals surface area contributed by atoms with Crippen LogP contribution < -0.4 is 10.2 Å². The molecule has 25 heavy (non-hydrogen) atoms. The molecule has 0 aromatic heterocycles. The predicted molar refractivity (Wildman–Crippen MR) is 101 cm³/mol. The van der Waals surface area contributed by atoms with Gasteiger partial charge in [0.05, 0.1) is 5.69 Å². The van der Waals surface area contributed by atoms with E-state index in [0.29, 0.717) is 5.69 Å². The minimum atomic E-state index is -0.512. The quantitative estimate of drug-likeness (QED) is 0.833. The zero-order chi connectivity index (χ0) is 18.1. The highest BCUT2D eigenvalue weighted by Crippen LogP contribution is 2.30. The molecule has 0 saturated heterocycles. The number of hydrogen-bond acceptors (Lipinski definition) is 3. The second-order valence-corrected chi connectivity index (χ2v) is 6.46. The van der Waals surface area contributed by atoms with E-state index >= 15 is 0 Å². The number of amides is 2. The summed E-state index contributed by atoms with van der Waals surface area (Å²) in [5, 5.41) is 2.90. The summed E-state index contributed by atoms with van der Waals surface area (Å²) in [4.78, 5) is 26.3. The maximum atomic E-state index is 12.7. The van der Waals surface area contributed by atoms with Crippen molar-refractivity contribution in [3.63, 3.8) is 0 Å². The van der Waals surface area contributed by atoms with Crippen molar-refractivity contribution in [3.05, 3.63) is 69.9 Å². The van der Waals surface area contributed by atoms with Gasteiger partial charge in [-0.15, -0.1) is 0 Å². The summed E-state index contributed by atoms with van der Waals surface area (Å²) in [6.07, 6.45) is 0.890. The van der Waals surface area contributed by atoms with E-state index in [2.05, 4.69) is 5.32 Å². The Morgan fingerprint density at radius 3 is 2.24 bits per heavy atom. The van der Waals surface area contributed by atoms with Crippen LogP contribution in [0.25, 0.3) is 0 Å². The van der Waals surface area contributed by atoms with Crippen molar-refractivity contribution in [1.29, 1.82) is 0 Å². The lowest BCUT2D eigenvalue weighted by Crippen LogP contribution is -2.32. The number of carbonyl (C=O) groups excluding carboxylic acids is 2. The molecule has 3 rings (SSSR count). The lowest BCUT2D eigenvalue weighted by molar-refractivity contribution is -0.120. The Labute approximate surface area is 152 Å². The van der Waals surface area contributed by atoms with E-state index in [-0.39, 0.29) is 10.7 Å². The fourth-order valence-corrected chi connectivity index (χ4v) is 2.90. The second kappa shape index (κ2) is 6.73. The Morgan fingerprint density at radius 2 is 1.64 bits per heavy atom. The number of benzene rings is 2. The van der Waals surface area contributed by atoms with E-state index < -0.39 is 11.8 Å². The summed E-state index contributed by atoms with van der Waals surface area (Å²) in [5.41, 5.74) is 4.72. The van der Waals surface area contributed by atoms with Gasteiger partial charge in [0.2, 0.25) is 0 Å². The highest BCUT2D eigenvalue weighted by atomic mass is 35.5. The van der Waals surface area contributed by atoms with Gasteiger partial charge in [-0.1, -0.05) is 36.7 Å². The molecule has 0 aliphatic carbocycles. The molecule has 2 amide bonds. The van der Waals surface area contributed by atoms with E-state index in [0.717, 1.165) is 33.7 Å². The van der Waals surface area contributed by atoms with Crippen LogP contribution in [0.3, 0.4) is 0 Å². The largest absolute Gasteiger partial charge is 0.350 e. The van der Waals surface area contributed by atoms with Crippen LogP contribution in [0.1, 0.15) is 23.6 Å². The molecule has 0 bridgehead atoms. The number of rotatable bonds is 4. The van der Waals surface area contributed by atoms with E-state index in [4.69, 9.17) is 11.6 Å². The van der Waals surface area contributed by atoms with Crippen molar-refractivity contribution < 1.29 is 9.59 Å². The molecule has 128 valence electrons. The summed E-state index contributed by atoms with van der Waals surface area (Å²) >= 11 is 6.15. The van der Waals surface area contributed by atoms with Gasteiger partial charge in [-0.05, 0) is 61.2 Å². The zero-order valence-electron chi connectivity index (χ0n) is 14.4. The van der Waals surface area contributed by atoms with Crippen molar-refractivity contribution in [2.75, 3.05) is 10.2 Å². The Kier molecular flexibility index (Phi) is 4.64. The molecular formula is C20H19ClN2O2. The number of nitrogens with zero attached hydrogens (tertiary/aromatic N) is 1. The molecule has 1 heterocycles. The third-order valence-electron chi connectivity index (χ3n) is 4.41. The van der Waals surface area contributed by atoms with Gasteiger partial charge in [0.1, 0.15) is 10.7 Å². The van der Waals surface area contributed by atoms with Gasteiger partial charge in [0.25, 0.3) is 11.8 Å². The lowest BCUT2D eigenvalue weighted by Gasteiger charge is -2.15. The first kappa shape index (κ1) is 17.2. The molecule has 0 unspecified atom stereocenters. The number of nitrogens with one attached hydrogen (secondary N) is 1. The van der Waals surface area contributed by atoms with Crippen LogP contribution in [0.4, 0.5) is 11.4 Å². The molecule has 4 nitrogen and oxygen atoms in total. The van der Waals surface area contributed by atoms with E-state index in [1.807, 2.05) is 51.1 Å². The summed E-state index contributed by atoms with van der Waals surface area (Å²) in [5.74, 6) is -0.959. The molecule has 1 N–H and O–H groups in total. The van der Waals surface area contributed by atoms with E-state index in [1.165, 1.54) is 0 Å². The molecule has 0 fully saturated rings. The maximum absolute atomic E-state index is 12.7. The van der Waals surface area contributed by atoms with Gasteiger partial charge in [0.15, 0.2) is 0 Å². The Bertz CT molecular complexity index is 885. The molecule has 1 aliphatic heterocycles. The van der Waals surface area contributed by atoms with Gasteiger partial charge in [0, 0.05) is 5.69 Å². The smallest absolute Gasteiger partial charge is 0.283 e. The number of anilines is 2. The van der Waals surface area contributed by atoms with Gasteiger partial charge in [-0.2, -0.15) is 0 Å². The predicted octanol–water partition coefficient (Wildman–Crippen LogP) is 4.30. The maximum Gasteiger partial charge on any atom is 0.283 e. The van der Waals surface area contributed by atoms with Crippen molar-refractivity contribution in [2.24, 2.45) is 0 Å². The highest BCUT2D eigenvalue weighted by molar-refractivity contribution is 6.53. The van der Waals surface area contributed by atoms with Crippen LogP contribution in [0.5, 0.6) is 0 Å². The summed E-state index contributed by atoms with van der Waals surface area (Å²) in [7, 11) is 0. The summed E-state index contributed by atoms with van der Waals surface area (Å²) in [6, 6.07) is 13.1. The Balaban J connectivity index is 1.89. The van der Waals surface area contributed by atoms with Crippen LogP contribution in [0, 0.1) is 13.8 Å². The SMILES string of the molecule is CCc1ccc(N2C(=O)C(Cl)=C(Nc3ccc(C)c(C)c3)C2=O)cc1. The van der Waals surface area contributed by atoms with E-state index in [9.17, 15) is 9.59 Å². The van der Waals surface area contributed by atoms with Crippen molar-refractivity contribution >= 4 is 34.8 Å². The van der Waals surface area contributed by atoms with Gasteiger partial charge in [-0.25, -0.2) is 4.90 Å². The van der Waals surface area contributed by atoms with Crippen LogP contribution >= 0.6 is 11.6 Å². The number of hydrogen-bond donors (Lipinski definition) is 1. The molecule has 0 saturated carbocycles. The van der Waals surface area contributed by atoms with Crippen LogP contribution in [-0.2, 0) is 16.0 Å². The van der Waals surface area contributed by atoms with Gasteiger partial charge in [-0.3, -0.25) is 9.59 Å². The molecule has 1 aliphatic rings. The first-order valence-electron chi connectivity index (χ1n) is 8.14. The molecular weight excluding hydrogens is 336 g/mol. The first-order valence-corrected chi connectivity index (χ1v) is 8.52. The third kappa shape index (κ3) is 3.17. The average Bonchev–Trinajstić information content (AvgIpc) is 2.82. The molecule has 0 radical (unpaired) electrons. The normalized spacial score (nSPS) is 14.5. The number of aryl methyl sites for hydroxylation is 3. The molecule has 2 aromatic carbocycles. The minimum absolute atomic E-state index is 0.0946. The van der Waals surface area contributed by atoms with E-state index in [1.54, 1.807) is 12.1 Å². The Hall–Kier alpha value is -2.59. The molecule has 0 spiro atoms. The van der Waals surface area contributed by atoms with Gasteiger partial charge < -0.3 is 5.32 Å². The minimum Gasteiger partial charge on any atom is -0.350 e. The number of imide groups is 1. The van der Waals surface area contributed by atoms with Crippen molar-refractivity contribution in [2.45, 2.75) is 27.2 Å². The fraction of sp³-hybridized carbons (Fsp3) is 0.200. The highest BCUT2D eigenvalue weighted by Gasteiger charge is 2.38. The zero-order valence-corrected chi connectivity index (χ0v) is 15.1. The second-order valence-electron chi connectivity index (χ2n) is 6.08. The molecule has 0 atom stereocenters. The first-order chi connectivity index (χ1) is 11.9. The fourth-order valence-electron chi connectivity index (χ4n) is 2.69. The summed E-state index contributed by atoms with van der Waals surface area (Å²) < 4.78 is 0. The third-order valence-corrected chi connectivity index (χ3v) is 4.76. The monoisotopic (exact) mass is 354 g/mol. The number of carbonyl (C=O) groups is 2. The topological polar surface area (TPSA) is 49.4 Å². The standard InChI is InChI=1S/C20H19ClN2O2/c1-4-14-6-9-16(10-7-14)23-19(24)17(21)18(20(23)25)22-15-8-5-12(2)13(3)11-15/h5-11,22H,4H2,1-3H3.